The first-order chi connectivity index (χ1) is 16.0. The predicted molar refractivity (Wildman–Crippen MR) is 134 cm³/mol. The molecule has 2 aromatic heterocycles. The van der Waals surface area contributed by atoms with Crippen molar-refractivity contribution in [2.45, 2.75) is 33.2 Å². The molecule has 0 radical (unpaired) electrons. The Labute approximate surface area is 202 Å². The lowest BCUT2D eigenvalue weighted by Crippen LogP contribution is -2.43. The van der Waals surface area contributed by atoms with Gasteiger partial charge in [0.05, 0.1) is 22.0 Å². The zero-order chi connectivity index (χ0) is 22.9. The monoisotopic (exact) mass is 479 g/mol. The highest BCUT2D eigenvalue weighted by atomic mass is 35.5. The summed E-state index contributed by atoms with van der Waals surface area (Å²) in [4.78, 5) is 20.1. The minimum absolute atomic E-state index is 0.0370. The lowest BCUT2D eigenvalue weighted by Gasteiger charge is -2.31. The molecule has 2 aromatic carbocycles. The number of thiazole rings is 1. The minimum atomic E-state index is -0.0370. The van der Waals surface area contributed by atoms with Gasteiger partial charge < -0.3 is 10.2 Å². The summed E-state index contributed by atoms with van der Waals surface area (Å²) in [6.45, 7) is 6.23. The van der Waals surface area contributed by atoms with Gasteiger partial charge in [-0.3, -0.25) is 4.79 Å². The normalized spacial score (nSPS) is 16.3. The number of nitrogens with one attached hydrogen (secondary N) is 1. The molecule has 0 saturated carbocycles. The molecule has 5 rings (SSSR count). The maximum atomic E-state index is 12.9. The van der Waals surface area contributed by atoms with Crippen molar-refractivity contribution in [3.05, 3.63) is 70.4 Å². The highest BCUT2D eigenvalue weighted by molar-refractivity contribution is 7.22. The second-order valence-corrected chi connectivity index (χ2v) is 10.0. The number of carbonyl (C=O) groups is 1. The third kappa shape index (κ3) is 4.61. The van der Waals surface area contributed by atoms with Crippen LogP contribution in [0.1, 0.15) is 29.7 Å². The Hall–Kier alpha value is -2.90. The van der Waals surface area contributed by atoms with E-state index in [0.29, 0.717) is 18.1 Å². The molecule has 1 N–H and O–H groups in total. The zero-order valence-corrected chi connectivity index (χ0v) is 20.3. The van der Waals surface area contributed by atoms with E-state index in [1.165, 1.54) is 5.56 Å². The summed E-state index contributed by atoms with van der Waals surface area (Å²) in [5.74, 6) is 0.0787. The van der Waals surface area contributed by atoms with Crippen molar-refractivity contribution in [1.29, 1.82) is 0 Å². The molecule has 0 spiro atoms. The molecule has 1 aliphatic heterocycles. The highest BCUT2D eigenvalue weighted by Crippen LogP contribution is 2.34. The van der Waals surface area contributed by atoms with E-state index in [4.69, 9.17) is 16.6 Å². The van der Waals surface area contributed by atoms with Gasteiger partial charge in [0.25, 0.3) is 0 Å². The average Bonchev–Trinajstić information content (AvgIpc) is 3.40. The molecule has 0 unspecified atom stereocenters. The van der Waals surface area contributed by atoms with Gasteiger partial charge in [-0.1, -0.05) is 52.8 Å². The van der Waals surface area contributed by atoms with Crippen molar-refractivity contribution in [3.63, 3.8) is 0 Å². The smallest absolute Gasteiger partial charge is 0.225 e. The summed E-state index contributed by atoms with van der Waals surface area (Å²) in [6.07, 6.45) is 1.87. The fraction of sp³-hybridized carbons (Fsp3) is 0.320. The number of amides is 1. The molecule has 3 heterocycles. The van der Waals surface area contributed by atoms with Crippen LogP contribution in [0.3, 0.4) is 0 Å². The number of anilines is 1. The largest absolute Gasteiger partial charge is 0.352 e. The third-order valence-electron chi connectivity index (χ3n) is 6.10. The molecule has 1 saturated heterocycles. The summed E-state index contributed by atoms with van der Waals surface area (Å²) in [6, 6.07) is 15.9. The maximum Gasteiger partial charge on any atom is 0.225 e. The quantitative estimate of drug-likeness (QED) is 0.422. The summed E-state index contributed by atoms with van der Waals surface area (Å²) in [5, 5.41) is 9.44. The van der Waals surface area contributed by atoms with Crippen LogP contribution in [0.4, 0.5) is 5.13 Å². The average molecular weight is 480 g/mol. The van der Waals surface area contributed by atoms with E-state index in [1.54, 1.807) is 11.3 Å². The van der Waals surface area contributed by atoms with Crippen LogP contribution in [0.25, 0.3) is 16.0 Å². The van der Waals surface area contributed by atoms with Crippen LogP contribution in [0.2, 0.25) is 5.02 Å². The second-order valence-electron chi connectivity index (χ2n) is 8.61. The Bertz CT molecular complexity index is 1280. The molecule has 4 aromatic rings. The molecule has 1 fully saturated rings. The molecule has 6 nitrogen and oxygen atoms in total. The molecular formula is C25H26ClN5OS. The number of fused-ring (bicyclic) bond motifs is 1. The van der Waals surface area contributed by atoms with Crippen molar-refractivity contribution < 1.29 is 4.79 Å². The van der Waals surface area contributed by atoms with E-state index in [0.717, 1.165) is 51.8 Å². The van der Waals surface area contributed by atoms with Gasteiger partial charge in [0.2, 0.25) is 5.91 Å². The van der Waals surface area contributed by atoms with Crippen molar-refractivity contribution in [2.24, 2.45) is 5.92 Å². The van der Waals surface area contributed by atoms with Gasteiger partial charge in [0.1, 0.15) is 0 Å². The molecule has 0 aliphatic carbocycles. The SMILES string of the molecule is Cc1ccc(CNC(=O)[C@H]2CCCN(c3nc4c(s3)c(C)nn4-c3ccc(Cl)cc3)C2)cc1. The predicted octanol–water partition coefficient (Wildman–Crippen LogP) is 5.29. The molecule has 1 amide bonds. The van der Waals surface area contributed by atoms with Crippen LogP contribution in [0, 0.1) is 19.8 Å². The summed E-state index contributed by atoms with van der Waals surface area (Å²) in [7, 11) is 0. The van der Waals surface area contributed by atoms with Gasteiger partial charge in [-0.15, -0.1) is 0 Å². The fourth-order valence-corrected chi connectivity index (χ4v) is 5.37. The van der Waals surface area contributed by atoms with Gasteiger partial charge in [0.15, 0.2) is 10.8 Å². The maximum absolute atomic E-state index is 12.9. The van der Waals surface area contributed by atoms with Gasteiger partial charge in [-0.2, -0.15) is 10.1 Å². The Balaban J connectivity index is 1.31. The first-order valence-electron chi connectivity index (χ1n) is 11.2. The van der Waals surface area contributed by atoms with E-state index in [-0.39, 0.29) is 11.8 Å². The molecule has 33 heavy (non-hydrogen) atoms. The van der Waals surface area contributed by atoms with Crippen LogP contribution in [0.5, 0.6) is 0 Å². The van der Waals surface area contributed by atoms with Crippen molar-refractivity contribution in [2.75, 3.05) is 18.0 Å². The van der Waals surface area contributed by atoms with E-state index >= 15 is 0 Å². The van der Waals surface area contributed by atoms with Crippen molar-refractivity contribution in [1.82, 2.24) is 20.1 Å². The van der Waals surface area contributed by atoms with Crippen LogP contribution >= 0.6 is 22.9 Å². The van der Waals surface area contributed by atoms with Crippen LogP contribution in [-0.4, -0.2) is 33.8 Å². The summed E-state index contributed by atoms with van der Waals surface area (Å²) in [5.41, 5.74) is 5.07. The van der Waals surface area contributed by atoms with Gasteiger partial charge in [0, 0.05) is 24.7 Å². The second kappa shape index (κ2) is 9.15. The van der Waals surface area contributed by atoms with Gasteiger partial charge in [-0.25, -0.2) is 4.68 Å². The van der Waals surface area contributed by atoms with Crippen molar-refractivity contribution >= 4 is 44.3 Å². The highest BCUT2D eigenvalue weighted by Gasteiger charge is 2.28. The number of aryl methyl sites for hydroxylation is 2. The Morgan fingerprint density at radius 3 is 2.67 bits per heavy atom. The number of piperidine rings is 1. The van der Waals surface area contributed by atoms with Crippen LogP contribution in [0.15, 0.2) is 48.5 Å². The van der Waals surface area contributed by atoms with E-state index in [1.807, 2.05) is 35.9 Å². The molecule has 1 atom stereocenters. The van der Waals surface area contributed by atoms with Crippen LogP contribution < -0.4 is 10.2 Å². The van der Waals surface area contributed by atoms with E-state index < -0.39 is 0 Å². The number of hydrogen-bond donors (Lipinski definition) is 1. The van der Waals surface area contributed by atoms with E-state index in [2.05, 4.69) is 46.5 Å². The number of rotatable bonds is 5. The third-order valence-corrected chi connectivity index (χ3v) is 7.56. The minimum Gasteiger partial charge on any atom is -0.352 e. The number of hydrogen-bond acceptors (Lipinski definition) is 5. The topological polar surface area (TPSA) is 63.1 Å². The lowest BCUT2D eigenvalue weighted by atomic mass is 9.97. The molecule has 8 heteroatoms. The molecule has 0 bridgehead atoms. The summed E-state index contributed by atoms with van der Waals surface area (Å²) < 4.78 is 2.95. The molecule has 170 valence electrons. The molecular weight excluding hydrogens is 454 g/mol. The zero-order valence-electron chi connectivity index (χ0n) is 18.7. The van der Waals surface area contributed by atoms with Gasteiger partial charge in [-0.05, 0) is 56.5 Å². The number of halogens is 1. The Morgan fingerprint density at radius 2 is 1.91 bits per heavy atom. The van der Waals surface area contributed by atoms with Crippen LogP contribution in [-0.2, 0) is 11.3 Å². The van der Waals surface area contributed by atoms with Crippen molar-refractivity contribution in [3.8, 4) is 5.69 Å². The number of nitrogens with zero attached hydrogens (tertiary/aromatic N) is 4. The molecule has 1 aliphatic rings. The number of aromatic nitrogens is 3. The number of carbonyl (C=O) groups excluding carboxylic acids is 1. The first-order valence-corrected chi connectivity index (χ1v) is 12.4. The van der Waals surface area contributed by atoms with Gasteiger partial charge >= 0.3 is 0 Å². The Kier molecular flexibility index (Phi) is 6.08. The van der Waals surface area contributed by atoms with E-state index in [9.17, 15) is 4.79 Å². The first kappa shape index (κ1) is 21.9. The fourth-order valence-electron chi connectivity index (χ4n) is 4.23. The summed E-state index contributed by atoms with van der Waals surface area (Å²) >= 11 is 7.70. The Morgan fingerprint density at radius 1 is 1.15 bits per heavy atom. The lowest BCUT2D eigenvalue weighted by molar-refractivity contribution is -0.125. The standard InChI is InChI=1S/C25H26ClN5OS/c1-16-5-7-18(8-6-16)14-27-24(32)19-4-3-13-30(15-19)25-28-23-22(33-25)17(2)29-31(23)21-11-9-20(26)10-12-21/h5-12,19H,3-4,13-15H2,1-2H3,(H,27,32)/t19-/m0/s1. The number of benzene rings is 2.